The lowest BCUT2D eigenvalue weighted by Crippen LogP contribution is -3.10. The molecular weight excluding hydrogens is 384 g/mol. The molecule has 3 rings (SSSR count). The van der Waals surface area contributed by atoms with E-state index in [2.05, 4.69) is 5.32 Å². The van der Waals surface area contributed by atoms with Crippen molar-refractivity contribution < 1.29 is 22.5 Å². The summed E-state index contributed by atoms with van der Waals surface area (Å²) in [7, 11) is -3.32. The van der Waals surface area contributed by atoms with Crippen LogP contribution in [0.25, 0.3) is 0 Å². The molecule has 27 heavy (non-hydrogen) atoms. The van der Waals surface area contributed by atoms with Gasteiger partial charge in [0.25, 0.3) is 5.91 Å². The number of anilines is 1. The molecule has 0 bridgehead atoms. The van der Waals surface area contributed by atoms with Gasteiger partial charge in [-0.3, -0.25) is 4.79 Å². The maximum absolute atomic E-state index is 12.5. The van der Waals surface area contributed by atoms with E-state index in [1.54, 1.807) is 29.7 Å². The van der Waals surface area contributed by atoms with E-state index in [1.165, 1.54) is 17.0 Å². The molecule has 3 aromatic rings. The summed E-state index contributed by atoms with van der Waals surface area (Å²) >= 11 is 1.65. The van der Waals surface area contributed by atoms with Gasteiger partial charge in [0.05, 0.1) is 16.0 Å². The van der Waals surface area contributed by atoms with Gasteiger partial charge in [0, 0.05) is 11.9 Å². The largest absolute Gasteiger partial charge is 0.463 e. The van der Waals surface area contributed by atoms with E-state index in [0.29, 0.717) is 18.8 Å². The fraction of sp³-hybridized carbons (Fsp3) is 0.211. The van der Waals surface area contributed by atoms with Gasteiger partial charge in [-0.1, -0.05) is 12.1 Å². The summed E-state index contributed by atoms with van der Waals surface area (Å²) < 4.78 is 28.8. The lowest BCUT2D eigenvalue weighted by molar-refractivity contribution is -0.920. The molecule has 142 valence electrons. The van der Waals surface area contributed by atoms with Gasteiger partial charge in [-0.25, -0.2) is 8.42 Å². The van der Waals surface area contributed by atoms with Crippen molar-refractivity contribution in [2.45, 2.75) is 18.0 Å². The van der Waals surface area contributed by atoms with Crippen molar-refractivity contribution >= 4 is 32.8 Å². The number of rotatable bonds is 8. The van der Waals surface area contributed by atoms with E-state index in [9.17, 15) is 13.2 Å². The Morgan fingerprint density at radius 3 is 2.67 bits per heavy atom. The molecule has 0 radical (unpaired) electrons. The smallest absolute Gasteiger partial charge is 0.279 e. The van der Waals surface area contributed by atoms with E-state index < -0.39 is 9.84 Å². The van der Waals surface area contributed by atoms with Gasteiger partial charge >= 0.3 is 0 Å². The summed E-state index contributed by atoms with van der Waals surface area (Å²) in [4.78, 5) is 14.9. The molecule has 1 atom stereocenters. The minimum atomic E-state index is -3.32. The zero-order valence-electron chi connectivity index (χ0n) is 14.8. The molecule has 0 saturated heterocycles. The van der Waals surface area contributed by atoms with E-state index >= 15 is 0 Å². The van der Waals surface area contributed by atoms with Crippen LogP contribution in [-0.4, -0.2) is 27.1 Å². The number of thiophene rings is 1. The second kappa shape index (κ2) is 8.51. The number of sulfone groups is 1. The number of quaternary nitrogens is 1. The van der Waals surface area contributed by atoms with Crippen LogP contribution in [0.3, 0.4) is 0 Å². The summed E-state index contributed by atoms with van der Waals surface area (Å²) in [5.74, 6) is 0.632. The average molecular weight is 406 g/mol. The van der Waals surface area contributed by atoms with Gasteiger partial charge in [-0.2, -0.15) is 0 Å². The van der Waals surface area contributed by atoms with Crippen LogP contribution in [0.15, 0.2) is 69.5 Å². The van der Waals surface area contributed by atoms with Crippen LogP contribution >= 0.6 is 11.3 Å². The summed E-state index contributed by atoms with van der Waals surface area (Å²) in [5, 5.41) is 4.80. The minimum Gasteiger partial charge on any atom is -0.463 e. The quantitative estimate of drug-likeness (QED) is 0.600. The Hall–Kier alpha value is -2.42. The van der Waals surface area contributed by atoms with Crippen molar-refractivity contribution in [1.29, 1.82) is 0 Å². The van der Waals surface area contributed by atoms with Crippen molar-refractivity contribution in [2.75, 3.05) is 18.1 Å². The molecular formula is C19H21N2O4S2+. The molecule has 2 heterocycles. The van der Waals surface area contributed by atoms with Crippen LogP contribution in [-0.2, 0) is 27.7 Å². The van der Waals surface area contributed by atoms with E-state index in [-0.39, 0.29) is 17.3 Å². The number of benzene rings is 1. The number of carbonyl (C=O) groups is 1. The van der Waals surface area contributed by atoms with Crippen molar-refractivity contribution in [3.8, 4) is 0 Å². The fourth-order valence-corrected chi connectivity index (χ4v) is 4.19. The Morgan fingerprint density at radius 2 is 2.00 bits per heavy atom. The number of nitrogens with one attached hydrogen (secondary N) is 2. The molecule has 1 unspecified atom stereocenters. The number of amides is 1. The van der Waals surface area contributed by atoms with Gasteiger partial charge in [0.15, 0.2) is 22.1 Å². The van der Waals surface area contributed by atoms with E-state index in [4.69, 9.17) is 4.42 Å². The number of furan rings is 1. The Morgan fingerprint density at radius 1 is 1.15 bits per heavy atom. The van der Waals surface area contributed by atoms with Crippen LogP contribution in [0.1, 0.15) is 10.6 Å². The van der Waals surface area contributed by atoms with Gasteiger partial charge < -0.3 is 14.6 Å². The maximum Gasteiger partial charge on any atom is 0.279 e. The molecule has 0 fully saturated rings. The highest BCUT2D eigenvalue weighted by molar-refractivity contribution is 7.90. The van der Waals surface area contributed by atoms with Crippen LogP contribution in [0, 0.1) is 0 Å². The first kappa shape index (κ1) is 19.3. The highest BCUT2D eigenvalue weighted by Crippen LogP contribution is 2.15. The average Bonchev–Trinajstić information content (AvgIpc) is 3.28. The standard InChI is InChI=1S/C19H20N2O4S2/c1-27(23,24)18-8-2-5-15(11-18)20-19(22)14-21(12-16-6-3-9-25-16)13-17-7-4-10-26-17/h2-11H,12-14H2,1H3,(H,20,22)/p+1. The summed E-state index contributed by atoms with van der Waals surface area (Å²) in [6, 6.07) is 14.0. The SMILES string of the molecule is CS(=O)(=O)c1cccc(NC(=O)C[NH+](Cc2ccco2)Cc2cccs2)c1. The molecule has 6 nitrogen and oxygen atoms in total. The topological polar surface area (TPSA) is 80.8 Å². The third-order valence-electron chi connectivity index (χ3n) is 3.97. The number of hydrogen-bond donors (Lipinski definition) is 2. The zero-order valence-corrected chi connectivity index (χ0v) is 16.5. The normalized spacial score (nSPS) is 12.6. The number of carbonyl (C=O) groups excluding carboxylic acids is 1. The van der Waals surface area contributed by atoms with Crippen LogP contribution in [0.2, 0.25) is 0 Å². The van der Waals surface area contributed by atoms with Gasteiger partial charge in [-0.15, -0.1) is 11.3 Å². The molecule has 0 spiro atoms. The van der Waals surface area contributed by atoms with Gasteiger partial charge in [0.2, 0.25) is 0 Å². The molecule has 1 aromatic carbocycles. The zero-order chi connectivity index (χ0) is 19.3. The van der Waals surface area contributed by atoms with Crippen molar-refractivity contribution in [2.24, 2.45) is 0 Å². The first-order chi connectivity index (χ1) is 12.9. The molecule has 1 amide bonds. The monoisotopic (exact) mass is 405 g/mol. The molecule has 2 N–H and O–H groups in total. The van der Waals surface area contributed by atoms with Crippen LogP contribution in [0.4, 0.5) is 5.69 Å². The fourth-order valence-electron chi connectivity index (χ4n) is 2.74. The molecule has 0 aliphatic rings. The van der Waals surface area contributed by atoms with Crippen molar-refractivity contribution in [3.63, 3.8) is 0 Å². The minimum absolute atomic E-state index is 0.179. The summed E-state index contributed by atoms with van der Waals surface area (Å²) in [6.07, 6.45) is 2.76. The van der Waals surface area contributed by atoms with E-state index in [0.717, 1.165) is 16.9 Å². The predicted molar refractivity (Wildman–Crippen MR) is 104 cm³/mol. The first-order valence-corrected chi connectivity index (χ1v) is 11.2. The lowest BCUT2D eigenvalue weighted by Gasteiger charge is -2.17. The number of hydrogen-bond acceptors (Lipinski definition) is 5. The molecule has 8 heteroatoms. The Kier molecular flexibility index (Phi) is 6.10. The summed E-state index contributed by atoms with van der Waals surface area (Å²) in [6.45, 7) is 1.53. The van der Waals surface area contributed by atoms with Crippen LogP contribution < -0.4 is 10.2 Å². The van der Waals surface area contributed by atoms with Gasteiger partial charge in [-0.05, 0) is 41.8 Å². The van der Waals surface area contributed by atoms with Crippen LogP contribution in [0.5, 0.6) is 0 Å². The molecule has 0 saturated carbocycles. The molecule has 0 aliphatic carbocycles. The summed E-state index contributed by atoms with van der Waals surface area (Å²) in [5.41, 5.74) is 0.469. The van der Waals surface area contributed by atoms with Crippen molar-refractivity contribution in [3.05, 3.63) is 70.8 Å². The molecule has 0 aliphatic heterocycles. The second-order valence-corrected chi connectivity index (χ2v) is 9.34. The van der Waals surface area contributed by atoms with E-state index in [1.807, 2.05) is 29.6 Å². The third-order valence-corrected chi connectivity index (χ3v) is 5.95. The van der Waals surface area contributed by atoms with Crippen molar-refractivity contribution in [1.82, 2.24) is 0 Å². The first-order valence-electron chi connectivity index (χ1n) is 8.38. The maximum atomic E-state index is 12.5. The Bertz CT molecular complexity index is 944. The Balaban J connectivity index is 1.68. The van der Waals surface area contributed by atoms with Gasteiger partial charge in [0.1, 0.15) is 13.1 Å². The highest BCUT2D eigenvalue weighted by atomic mass is 32.2. The lowest BCUT2D eigenvalue weighted by atomic mass is 10.3. The Labute approximate surface area is 162 Å². The molecule has 2 aromatic heterocycles. The second-order valence-electron chi connectivity index (χ2n) is 6.29. The highest BCUT2D eigenvalue weighted by Gasteiger charge is 2.18. The predicted octanol–water partition coefficient (Wildman–Crippen LogP) is 1.97. The third kappa shape index (κ3) is 5.78.